The van der Waals surface area contributed by atoms with Gasteiger partial charge < -0.3 is 15.4 Å². The summed E-state index contributed by atoms with van der Waals surface area (Å²) in [7, 11) is 1.86. The summed E-state index contributed by atoms with van der Waals surface area (Å²) in [5.74, 6) is 0.832. The Kier molecular flexibility index (Phi) is 5.66. The van der Waals surface area contributed by atoms with E-state index >= 15 is 0 Å². The molecule has 0 saturated carbocycles. The van der Waals surface area contributed by atoms with Crippen molar-refractivity contribution in [3.63, 3.8) is 0 Å². The summed E-state index contributed by atoms with van der Waals surface area (Å²) in [6.45, 7) is 1.57. The van der Waals surface area contributed by atoms with Crippen LogP contribution in [0.15, 0.2) is 48.7 Å². The minimum Gasteiger partial charge on any atom is -0.373 e. The van der Waals surface area contributed by atoms with Crippen molar-refractivity contribution in [1.82, 2.24) is 10.3 Å². The zero-order valence-corrected chi connectivity index (χ0v) is 14.7. The normalized spacial score (nSPS) is 23.0. The summed E-state index contributed by atoms with van der Waals surface area (Å²) in [5.41, 5.74) is 2.29. The molecule has 0 unspecified atom stereocenters. The number of rotatable bonds is 5. The molecule has 2 heterocycles. The molecule has 1 aliphatic heterocycles. The lowest BCUT2D eigenvalue weighted by molar-refractivity contribution is -0.122. The average Bonchev–Trinajstić information content (AvgIpc) is 2.61. The third kappa shape index (κ3) is 4.57. The van der Waals surface area contributed by atoms with Crippen molar-refractivity contribution < 1.29 is 9.53 Å². The quantitative estimate of drug-likeness (QED) is 0.879. The fourth-order valence-electron chi connectivity index (χ4n) is 3.52. The van der Waals surface area contributed by atoms with Gasteiger partial charge in [0, 0.05) is 31.8 Å². The van der Waals surface area contributed by atoms with Crippen LogP contribution in [0.25, 0.3) is 0 Å². The van der Waals surface area contributed by atoms with E-state index in [0.29, 0.717) is 0 Å². The molecule has 1 aliphatic rings. The largest absolute Gasteiger partial charge is 0.373 e. The van der Waals surface area contributed by atoms with Gasteiger partial charge in [-0.1, -0.05) is 36.4 Å². The van der Waals surface area contributed by atoms with Gasteiger partial charge in [-0.25, -0.2) is 4.98 Å². The van der Waals surface area contributed by atoms with Crippen LogP contribution in [0.3, 0.4) is 0 Å². The smallest absolute Gasteiger partial charge is 0.217 e. The van der Waals surface area contributed by atoms with Crippen LogP contribution < -0.4 is 10.6 Å². The van der Waals surface area contributed by atoms with Crippen LogP contribution in [0.2, 0.25) is 0 Å². The molecule has 0 radical (unpaired) electrons. The van der Waals surface area contributed by atoms with Crippen molar-refractivity contribution in [2.24, 2.45) is 0 Å². The number of nitrogens with one attached hydrogen (secondary N) is 2. The zero-order chi connectivity index (χ0) is 17.6. The van der Waals surface area contributed by atoms with Crippen molar-refractivity contribution in [2.45, 2.75) is 44.4 Å². The van der Waals surface area contributed by atoms with E-state index in [2.05, 4.69) is 27.8 Å². The second-order valence-corrected chi connectivity index (χ2v) is 6.50. The number of anilines is 1. The second kappa shape index (κ2) is 8.12. The molecule has 1 fully saturated rings. The maximum atomic E-state index is 11.6. The van der Waals surface area contributed by atoms with Crippen LogP contribution in [0.1, 0.15) is 37.0 Å². The van der Waals surface area contributed by atoms with E-state index in [1.807, 2.05) is 37.4 Å². The first kappa shape index (κ1) is 17.4. The first-order valence-electron chi connectivity index (χ1n) is 8.75. The number of carbonyl (C=O) groups is 1. The minimum absolute atomic E-state index is 0.00383. The van der Waals surface area contributed by atoms with Crippen LogP contribution in [-0.2, 0) is 16.0 Å². The highest BCUT2D eigenvalue weighted by Gasteiger charge is 2.32. The van der Waals surface area contributed by atoms with Crippen LogP contribution >= 0.6 is 0 Å². The van der Waals surface area contributed by atoms with E-state index in [9.17, 15) is 4.79 Å². The number of amides is 1. The third-order valence-corrected chi connectivity index (χ3v) is 4.54. The van der Waals surface area contributed by atoms with Gasteiger partial charge in [0.05, 0.1) is 12.2 Å². The van der Waals surface area contributed by atoms with Crippen molar-refractivity contribution in [3.05, 3.63) is 59.8 Å². The molecule has 1 amide bonds. The molecule has 1 saturated heterocycles. The fraction of sp³-hybridized carbons (Fsp3) is 0.400. The monoisotopic (exact) mass is 339 g/mol. The van der Waals surface area contributed by atoms with E-state index in [1.54, 1.807) is 13.1 Å². The van der Waals surface area contributed by atoms with E-state index < -0.39 is 0 Å². The van der Waals surface area contributed by atoms with Crippen LogP contribution in [0, 0.1) is 0 Å². The Morgan fingerprint density at radius 1 is 1.20 bits per heavy atom. The summed E-state index contributed by atoms with van der Waals surface area (Å²) in [6.07, 6.45) is 4.15. The second-order valence-electron chi connectivity index (χ2n) is 6.50. The van der Waals surface area contributed by atoms with Gasteiger partial charge in [-0.15, -0.1) is 0 Å². The number of hydrogen-bond acceptors (Lipinski definition) is 4. The van der Waals surface area contributed by atoms with E-state index in [4.69, 9.17) is 4.74 Å². The maximum Gasteiger partial charge on any atom is 0.217 e. The molecule has 25 heavy (non-hydrogen) atoms. The Morgan fingerprint density at radius 3 is 2.72 bits per heavy atom. The molecule has 5 nitrogen and oxygen atoms in total. The van der Waals surface area contributed by atoms with Crippen molar-refractivity contribution >= 4 is 11.7 Å². The maximum absolute atomic E-state index is 11.6. The van der Waals surface area contributed by atoms with Gasteiger partial charge in [-0.2, -0.15) is 0 Å². The van der Waals surface area contributed by atoms with Gasteiger partial charge in [0.1, 0.15) is 5.82 Å². The van der Waals surface area contributed by atoms with E-state index in [1.165, 1.54) is 5.56 Å². The molecule has 3 rings (SSSR count). The lowest BCUT2D eigenvalue weighted by Crippen LogP contribution is -2.43. The molecule has 0 spiro atoms. The minimum atomic E-state index is -0.0875. The lowest BCUT2D eigenvalue weighted by atomic mass is 9.91. The number of hydrogen-bond donors (Lipinski definition) is 2. The number of nitrogens with zero attached hydrogens (tertiary/aromatic N) is 1. The molecule has 5 heteroatoms. The predicted molar refractivity (Wildman–Crippen MR) is 98.4 cm³/mol. The summed E-state index contributed by atoms with van der Waals surface area (Å²) in [6, 6.07) is 14.4. The van der Waals surface area contributed by atoms with Crippen LogP contribution in [-0.4, -0.2) is 30.1 Å². The highest BCUT2D eigenvalue weighted by atomic mass is 16.5. The summed E-state index contributed by atoms with van der Waals surface area (Å²) in [4.78, 5) is 16.0. The first-order chi connectivity index (χ1) is 12.2. The standard InChI is InChI=1S/C20H25N3O2/c1-14(24)23-16-12-17(11-15-7-4-3-5-8-15)25-19(13-16)18-9-6-10-22-20(18)21-2/h3-10,16-17,19H,11-13H2,1-2H3,(H,21,22)(H,23,24)/t16-,17+,19+/m0/s1. The van der Waals surface area contributed by atoms with Crippen molar-refractivity contribution in [2.75, 3.05) is 12.4 Å². The van der Waals surface area contributed by atoms with Crippen molar-refractivity contribution in [1.29, 1.82) is 0 Å². The molecule has 2 aromatic rings. The molecule has 3 atom stereocenters. The lowest BCUT2D eigenvalue weighted by Gasteiger charge is -2.36. The van der Waals surface area contributed by atoms with Gasteiger partial charge in [-0.3, -0.25) is 4.79 Å². The summed E-state index contributed by atoms with van der Waals surface area (Å²) >= 11 is 0. The van der Waals surface area contributed by atoms with Gasteiger partial charge >= 0.3 is 0 Å². The van der Waals surface area contributed by atoms with Gasteiger partial charge in [-0.05, 0) is 30.9 Å². The number of benzene rings is 1. The number of carbonyl (C=O) groups excluding carboxylic acids is 1. The average molecular weight is 339 g/mol. The Bertz CT molecular complexity index is 705. The summed E-state index contributed by atoms with van der Waals surface area (Å²) < 4.78 is 6.40. The Hall–Kier alpha value is -2.40. The van der Waals surface area contributed by atoms with E-state index in [0.717, 1.165) is 30.6 Å². The summed E-state index contributed by atoms with van der Waals surface area (Å²) in [5, 5.41) is 6.21. The van der Waals surface area contributed by atoms with E-state index in [-0.39, 0.29) is 24.2 Å². The molecule has 0 bridgehead atoms. The van der Waals surface area contributed by atoms with Crippen molar-refractivity contribution in [3.8, 4) is 0 Å². The Labute approximate surface area is 148 Å². The zero-order valence-electron chi connectivity index (χ0n) is 14.7. The fourth-order valence-corrected chi connectivity index (χ4v) is 3.52. The highest BCUT2D eigenvalue weighted by Crippen LogP contribution is 2.35. The number of ether oxygens (including phenoxy) is 1. The SMILES string of the molecule is CNc1ncccc1[C@H]1C[C@@H](NC(C)=O)C[C@@H](Cc2ccccc2)O1. The Balaban J connectivity index is 1.81. The number of pyridine rings is 1. The molecular formula is C20H25N3O2. The molecule has 1 aromatic carbocycles. The van der Waals surface area contributed by atoms with Gasteiger partial charge in [0.2, 0.25) is 5.91 Å². The molecule has 132 valence electrons. The van der Waals surface area contributed by atoms with Crippen LogP contribution in [0.4, 0.5) is 5.82 Å². The Morgan fingerprint density at radius 2 is 2.00 bits per heavy atom. The molecule has 0 aliphatic carbocycles. The molecular weight excluding hydrogens is 314 g/mol. The number of aromatic nitrogens is 1. The third-order valence-electron chi connectivity index (χ3n) is 4.54. The topological polar surface area (TPSA) is 63.2 Å². The first-order valence-corrected chi connectivity index (χ1v) is 8.75. The highest BCUT2D eigenvalue weighted by molar-refractivity contribution is 5.73. The van der Waals surface area contributed by atoms with Gasteiger partial charge in [0.25, 0.3) is 0 Å². The molecule has 2 N–H and O–H groups in total. The predicted octanol–water partition coefficient (Wildman–Crippen LogP) is 3.09. The van der Waals surface area contributed by atoms with Crippen LogP contribution in [0.5, 0.6) is 0 Å². The molecule has 1 aromatic heterocycles. The van der Waals surface area contributed by atoms with Gasteiger partial charge in [0.15, 0.2) is 0 Å².